The van der Waals surface area contributed by atoms with Gasteiger partial charge in [0.2, 0.25) is 0 Å². The summed E-state index contributed by atoms with van der Waals surface area (Å²) in [5.41, 5.74) is 4.40. The van der Waals surface area contributed by atoms with Crippen molar-refractivity contribution < 1.29 is 19.1 Å². The van der Waals surface area contributed by atoms with Crippen molar-refractivity contribution in [3.05, 3.63) is 53.9 Å². The summed E-state index contributed by atoms with van der Waals surface area (Å²) in [6.07, 6.45) is 4.68. The first-order chi connectivity index (χ1) is 18.3. The average Bonchev–Trinajstić information content (AvgIpc) is 3.44. The second-order valence-electron chi connectivity index (χ2n) is 12.4. The van der Waals surface area contributed by atoms with Crippen molar-refractivity contribution in [3.8, 4) is 11.3 Å². The predicted octanol–water partition coefficient (Wildman–Crippen LogP) is 7.39. The van der Waals surface area contributed by atoms with E-state index in [1.54, 1.807) is 15.7 Å². The van der Waals surface area contributed by atoms with Crippen LogP contribution in [0.4, 0.5) is 9.59 Å². The molecule has 4 heterocycles. The number of pyridine rings is 1. The van der Waals surface area contributed by atoms with Gasteiger partial charge in [0, 0.05) is 41.8 Å². The molecular formula is C31H38N4O4. The summed E-state index contributed by atoms with van der Waals surface area (Å²) in [7, 11) is 0. The topological polar surface area (TPSA) is 89.5 Å². The summed E-state index contributed by atoms with van der Waals surface area (Å²) in [6, 6.07) is 10.3. The zero-order valence-electron chi connectivity index (χ0n) is 23.9. The fourth-order valence-electron chi connectivity index (χ4n) is 5.43. The number of nitrogens with zero attached hydrogens (tertiary/aromatic N) is 3. The van der Waals surface area contributed by atoms with Gasteiger partial charge in [0.1, 0.15) is 16.8 Å². The Morgan fingerprint density at radius 1 is 0.923 bits per heavy atom. The minimum Gasteiger partial charge on any atom is -0.444 e. The molecule has 0 bridgehead atoms. The summed E-state index contributed by atoms with van der Waals surface area (Å²) < 4.78 is 13.1. The van der Waals surface area contributed by atoms with E-state index in [0.717, 1.165) is 51.6 Å². The van der Waals surface area contributed by atoms with Crippen LogP contribution in [0.5, 0.6) is 0 Å². The first kappa shape index (κ1) is 26.8. The van der Waals surface area contributed by atoms with Crippen LogP contribution in [0.25, 0.3) is 33.2 Å². The highest BCUT2D eigenvalue weighted by Crippen LogP contribution is 2.39. The monoisotopic (exact) mass is 530 g/mol. The molecular weight excluding hydrogens is 492 g/mol. The number of hydrogen-bond acceptors (Lipinski definition) is 5. The van der Waals surface area contributed by atoms with Crippen molar-refractivity contribution in [2.75, 3.05) is 13.1 Å². The van der Waals surface area contributed by atoms with E-state index in [9.17, 15) is 9.59 Å². The third kappa shape index (κ3) is 5.37. The minimum atomic E-state index is -0.636. The summed E-state index contributed by atoms with van der Waals surface area (Å²) in [5, 5.41) is 1.96. The zero-order chi connectivity index (χ0) is 28.1. The number of aryl methyl sites for hydroxylation is 1. The van der Waals surface area contributed by atoms with Gasteiger partial charge in [-0.3, -0.25) is 0 Å². The lowest BCUT2D eigenvalue weighted by Gasteiger charge is -2.33. The predicted molar refractivity (Wildman–Crippen MR) is 153 cm³/mol. The molecule has 1 fully saturated rings. The first-order valence-corrected chi connectivity index (χ1v) is 13.6. The third-order valence-corrected chi connectivity index (χ3v) is 7.15. The Morgan fingerprint density at radius 3 is 2.26 bits per heavy atom. The smallest absolute Gasteiger partial charge is 0.419 e. The number of piperidine rings is 1. The highest BCUT2D eigenvalue weighted by molar-refractivity contribution is 6.04. The number of fused-ring (bicyclic) bond motifs is 2. The number of hydrogen-bond donors (Lipinski definition) is 1. The van der Waals surface area contributed by atoms with Gasteiger partial charge in [-0.1, -0.05) is 6.07 Å². The van der Waals surface area contributed by atoms with Crippen LogP contribution >= 0.6 is 0 Å². The van der Waals surface area contributed by atoms with Gasteiger partial charge in [-0.2, -0.15) is 0 Å². The standard InChI is InChI=1S/C31H38N4O4/c1-19-24-18-21(20-12-16-34(17-13-20)28(36)38-30(2,3)4)8-9-25(24)35(29(37)39-31(5,6)7)26(19)22-10-14-32-27-23(22)11-15-33-27/h8-11,14-15,18,20H,12-13,16-17H2,1-7H3,(H,32,33). The number of nitrogens with one attached hydrogen (secondary N) is 1. The van der Waals surface area contributed by atoms with Crippen molar-refractivity contribution in [1.29, 1.82) is 0 Å². The van der Waals surface area contributed by atoms with Gasteiger partial charge in [-0.05, 0) is 103 Å². The number of amides is 1. The number of aromatic nitrogens is 3. The van der Waals surface area contributed by atoms with Crippen LogP contribution in [0, 0.1) is 6.92 Å². The molecule has 0 unspecified atom stereocenters. The molecule has 1 saturated heterocycles. The molecule has 0 saturated carbocycles. The summed E-state index contributed by atoms with van der Waals surface area (Å²) in [5.74, 6) is 0.318. The van der Waals surface area contributed by atoms with E-state index in [2.05, 4.69) is 29.0 Å². The van der Waals surface area contributed by atoms with Gasteiger partial charge in [0.05, 0.1) is 11.2 Å². The fourth-order valence-corrected chi connectivity index (χ4v) is 5.43. The molecule has 0 radical (unpaired) electrons. The van der Waals surface area contributed by atoms with Crippen molar-refractivity contribution in [1.82, 2.24) is 19.4 Å². The molecule has 8 nitrogen and oxygen atoms in total. The van der Waals surface area contributed by atoms with E-state index < -0.39 is 17.3 Å². The van der Waals surface area contributed by atoms with Crippen molar-refractivity contribution in [3.63, 3.8) is 0 Å². The second-order valence-corrected chi connectivity index (χ2v) is 12.4. The van der Waals surface area contributed by atoms with Gasteiger partial charge in [-0.25, -0.2) is 19.1 Å². The van der Waals surface area contributed by atoms with Gasteiger partial charge in [-0.15, -0.1) is 0 Å². The van der Waals surface area contributed by atoms with Crippen molar-refractivity contribution in [2.45, 2.75) is 78.4 Å². The molecule has 1 aliphatic heterocycles. The minimum absolute atomic E-state index is 0.250. The van der Waals surface area contributed by atoms with Crippen molar-refractivity contribution >= 4 is 34.1 Å². The molecule has 8 heteroatoms. The van der Waals surface area contributed by atoms with E-state index in [4.69, 9.17) is 9.47 Å². The maximum atomic E-state index is 13.6. The Bertz CT molecular complexity index is 1540. The molecule has 1 aliphatic rings. The fraction of sp³-hybridized carbons (Fsp3) is 0.452. The van der Waals surface area contributed by atoms with E-state index in [1.807, 2.05) is 65.9 Å². The molecule has 1 N–H and O–H groups in total. The lowest BCUT2D eigenvalue weighted by molar-refractivity contribution is 0.0204. The Morgan fingerprint density at radius 2 is 1.59 bits per heavy atom. The highest BCUT2D eigenvalue weighted by atomic mass is 16.6. The Hall–Kier alpha value is -3.81. The number of aromatic amines is 1. The van der Waals surface area contributed by atoms with Gasteiger partial charge in [0.25, 0.3) is 0 Å². The first-order valence-electron chi connectivity index (χ1n) is 13.6. The van der Waals surface area contributed by atoms with E-state index >= 15 is 0 Å². The normalized spacial score (nSPS) is 15.2. The van der Waals surface area contributed by atoms with Gasteiger partial charge < -0.3 is 19.4 Å². The van der Waals surface area contributed by atoms with Crippen LogP contribution in [0.2, 0.25) is 0 Å². The number of H-pyrrole nitrogens is 1. The molecule has 206 valence electrons. The summed E-state index contributed by atoms with van der Waals surface area (Å²) >= 11 is 0. The molecule has 4 aromatic rings. The molecule has 3 aromatic heterocycles. The summed E-state index contributed by atoms with van der Waals surface area (Å²) in [6.45, 7) is 14.7. The maximum absolute atomic E-state index is 13.6. The van der Waals surface area contributed by atoms with Gasteiger partial charge >= 0.3 is 12.2 Å². The average molecular weight is 531 g/mol. The second kappa shape index (κ2) is 9.74. The highest BCUT2D eigenvalue weighted by Gasteiger charge is 2.30. The lowest BCUT2D eigenvalue weighted by atomic mass is 9.88. The van der Waals surface area contributed by atoms with Crippen LogP contribution in [0.1, 0.15) is 71.4 Å². The number of likely N-dealkylation sites (tertiary alicyclic amines) is 1. The maximum Gasteiger partial charge on any atom is 0.419 e. The molecule has 39 heavy (non-hydrogen) atoms. The summed E-state index contributed by atoms with van der Waals surface area (Å²) in [4.78, 5) is 35.6. The molecule has 1 aromatic carbocycles. The molecule has 0 spiro atoms. The SMILES string of the molecule is Cc1c(-c2ccnc3[nH]ccc23)n(C(=O)OC(C)(C)C)c2ccc(C3CCN(C(=O)OC(C)(C)C)CC3)cc12. The van der Waals surface area contributed by atoms with E-state index in [-0.39, 0.29) is 6.09 Å². The zero-order valence-corrected chi connectivity index (χ0v) is 23.9. The van der Waals surface area contributed by atoms with Crippen LogP contribution < -0.4 is 0 Å². The third-order valence-electron chi connectivity index (χ3n) is 7.15. The number of benzene rings is 1. The Kier molecular flexibility index (Phi) is 6.69. The number of ether oxygens (including phenoxy) is 2. The molecule has 0 aliphatic carbocycles. The van der Waals surface area contributed by atoms with Gasteiger partial charge in [0.15, 0.2) is 0 Å². The Balaban J connectivity index is 1.53. The molecule has 0 atom stereocenters. The number of rotatable bonds is 2. The molecule has 5 rings (SSSR count). The Labute approximate surface area is 229 Å². The van der Waals surface area contributed by atoms with E-state index in [0.29, 0.717) is 19.0 Å². The van der Waals surface area contributed by atoms with Crippen LogP contribution in [0.15, 0.2) is 42.7 Å². The lowest BCUT2D eigenvalue weighted by Crippen LogP contribution is -2.41. The van der Waals surface area contributed by atoms with E-state index in [1.165, 1.54) is 5.56 Å². The number of carbonyl (C=O) groups excluding carboxylic acids is 2. The van der Waals surface area contributed by atoms with Crippen LogP contribution in [-0.4, -0.2) is 55.9 Å². The van der Waals surface area contributed by atoms with Crippen LogP contribution in [-0.2, 0) is 9.47 Å². The quantitative estimate of drug-likeness (QED) is 0.292. The molecule has 1 amide bonds. The van der Waals surface area contributed by atoms with Crippen LogP contribution in [0.3, 0.4) is 0 Å². The number of carbonyl (C=O) groups is 2. The van der Waals surface area contributed by atoms with Crippen molar-refractivity contribution in [2.24, 2.45) is 0 Å². The largest absolute Gasteiger partial charge is 0.444 e.